The zero-order valence-electron chi connectivity index (χ0n) is 6.56. The highest BCUT2D eigenvalue weighted by Crippen LogP contribution is 2.46. The van der Waals surface area contributed by atoms with Crippen molar-refractivity contribution in [2.45, 2.75) is 6.42 Å². The highest BCUT2D eigenvalue weighted by atomic mass is 31.1. The molecule has 0 aliphatic carbocycles. The lowest BCUT2D eigenvalue weighted by molar-refractivity contribution is -0.121. The molecule has 1 aliphatic heterocycles. The van der Waals surface area contributed by atoms with Crippen LogP contribution in [-0.4, -0.2) is 34.1 Å². The molecule has 1 aliphatic rings. The highest BCUT2D eigenvalue weighted by Gasteiger charge is 2.32. The number of amides is 1. The van der Waals surface area contributed by atoms with Crippen molar-refractivity contribution in [3.8, 4) is 0 Å². The monoisotopic (exact) mass is 187 g/mol. The van der Waals surface area contributed by atoms with E-state index in [4.69, 9.17) is 5.11 Å². The summed E-state index contributed by atoms with van der Waals surface area (Å²) in [6.07, 6.45) is 2.57. The maximum absolute atomic E-state index is 11.1. The van der Waals surface area contributed by atoms with Crippen molar-refractivity contribution >= 4 is 19.7 Å². The molecule has 1 fully saturated rings. The van der Waals surface area contributed by atoms with Crippen LogP contribution in [0.1, 0.15) is 6.42 Å². The molecule has 1 saturated heterocycles. The number of rotatable bonds is 2. The largest absolute Gasteiger partial charge is 0.477 e. The number of carbonyl (C=O) groups excluding carboxylic acids is 1. The molecule has 0 radical (unpaired) electrons. The van der Waals surface area contributed by atoms with Gasteiger partial charge in [-0.1, -0.05) is 6.58 Å². The SMILES string of the molecule is C=CC(=O)N1CCC[P@@]1C(=O)O. The molecule has 0 spiro atoms. The quantitative estimate of drug-likeness (QED) is 0.526. The van der Waals surface area contributed by atoms with E-state index in [1.807, 2.05) is 0 Å². The maximum Gasteiger partial charge on any atom is 0.345 e. The molecule has 0 unspecified atom stereocenters. The Hall–Kier alpha value is -0.890. The number of hydrogen-bond donors (Lipinski definition) is 1. The van der Waals surface area contributed by atoms with Gasteiger partial charge in [-0.05, 0) is 18.7 Å². The third-order valence-electron chi connectivity index (χ3n) is 1.68. The van der Waals surface area contributed by atoms with Crippen LogP contribution in [-0.2, 0) is 4.79 Å². The second-order valence-electron chi connectivity index (χ2n) is 2.42. The topological polar surface area (TPSA) is 57.6 Å². The highest BCUT2D eigenvalue weighted by molar-refractivity contribution is 7.72. The van der Waals surface area contributed by atoms with Gasteiger partial charge in [0.15, 0.2) is 0 Å². The minimum atomic E-state index is -1.28. The predicted molar refractivity (Wildman–Crippen MR) is 46.3 cm³/mol. The van der Waals surface area contributed by atoms with Gasteiger partial charge in [0.05, 0.1) is 0 Å². The number of carboxylic acid groups (broad SMARTS) is 1. The summed E-state index contributed by atoms with van der Waals surface area (Å²) in [5.74, 6) is -0.263. The van der Waals surface area contributed by atoms with Gasteiger partial charge in [0.2, 0.25) is 5.91 Å². The Kier molecular flexibility index (Phi) is 2.82. The number of nitrogens with zero attached hydrogens (tertiary/aromatic N) is 1. The first-order valence-electron chi connectivity index (χ1n) is 3.61. The van der Waals surface area contributed by atoms with Gasteiger partial charge in [-0.2, -0.15) is 0 Å². The minimum Gasteiger partial charge on any atom is -0.477 e. The van der Waals surface area contributed by atoms with E-state index in [-0.39, 0.29) is 5.91 Å². The first-order valence-corrected chi connectivity index (χ1v) is 5.09. The fourth-order valence-corrected chi connectivity index (χ4v) is 2.93. The van der Waals surface area contributed by atoms with Crippen molar-refractivity contribution in [2.24, 2.45) is 0 Å². The Morgan fingerprint density at radius 3 is 2.75 bits per heavy atom. The molecule has 0 bridgehead atoms. The number of carbonyl (C=O) groups is 2. The molecular formula is C7H10NO3P. The summed E-state index contributed by atoms with van der Waals surface area (Å²) in [6.45, 7) is 3.88. The maximum atomic E-state index is 11.1. The van der Waals surface area contributed by atoms with E-state index in [1.54, 1.807) is 0 Å². The third-order valence-corrected chi connectivity index (χ3v) is 3.84. The van der Waals surface area contributed by atoms with Crippen molar-refractivity contribution in [1.82, 2.24) is 4.67 Å². The van der Waals surface area contributed by atoms with E-state index in [2.05, 4.69) is 6.58 Å². The fourth-order valence-electron chi connectivity index (χ4n) is 1.15. The third kappa shape index (κ3) is 1.64. The van der Waals surface area contributed by atoms with E-state index in [0.717, 1.165) is 6.42 Å². The van der Waals surface area contributed by atoms with Crippen molar-refractivity contribution in [2.75, 3.05) is 12.7 Å². The second-order valence-corrected chi connectivity index (χ2v) is 4.54. The second kappa shape index (κ2) is 3.68. The summed E-state index contributed by atoms with van der Waals surface area (Å²) >= 11 is 0. The average Bonchev–Trinajstić information content (AvgIpc) is 2.50. The zero-order valence-corrected chi connectivity index (χ0v) is 7.46. The Bertz CT molecular complexity index is 229. The Morgan fingerprint density at radius 2 is 2.25 bits per heavy atom. The van der Waals surface area contributed by atoms with E-state index in [9.17, 15) is 9.59 Å². The van der Waals surface area contributed by atoms with Crippen LogP contribution in [0.3, 0.4) is 0 Å². The fraction of sp³-hybridized carbons (Fsp3) is 0.429. The van der Waals surface area contributed by atoms with Crippen molar-refractivity contribution in [3.63, 3.8) is 0 Å². The summed E-state index contributed by atoms with van der Waals surface area (Å²) in [4.78, 5) is 21.7. The molecule has 0 aromatic rings. The van der Waals surface area contributed by atoms with Crippen LogP contribution in [0, 0.1) is 0 Å². The van der Waals surface area contributed by atoms with Crippen molar-refractivity contribution in [3.05, 3.63) is 12.7 Å². The van der Waals surface area contributed by atoms with Crippen LogP contribution >= 0.6 is 8.07 Å². The van der Waals surface area contributed by atoms with Gasteiger partial charge < -0.3 is 9.78 Å². The first-order chi connectivity index (χ1) is 5.66. The van der Waals surface area contributed by atoms with Gasteiger partial charge in [-0.15, -0.1) is 0 Å². The standard InChI is InChI=1S/C7H10NO3P/c1-2-6(9)8-4-3-5-12(8)7(10)11/h2H,1,3-5H2,(H,10,11)/t12-/m0/s1. The van der Waals surface area contributed by atoms with Gasteiger partial charge in [0.1, 0.15) is 8.07 Å². The van der Waals surface area contributed by atoms with Crippen LogP contribution in [0.25, 0.3) is 0 Å². The van der Waals surface area contributed by atoms with Crippen molar-refractivity contribution < 1.29 is 14.7 Å². The molecule has 1 atom stereocenters. The van der Waals surface area contributed by atoms with E-state index in [0.29, 0.717) is 12.7 Å². The average molecular weight is 187 g/mol. The van der Waals surface area contributed by atoms with Crippen LogP contribution in [0.2, 0.25) is 0 Å². The summed E-state index contributed by atoms with van der Waals surface area (Å²) in [7, 11) is -1.28. The molecule has 66 valence electrons. The molecule has 5 heteroatoms. The lowest BCUT2D eigenvalue weighted by Gasteiger charge is -2.18. The zero-order chi connectivity index (χ0) is 9.14. The predicted octanol–water partition coefficient (Wildman–Crippen LogP) is 1.48. The van der Waals surface area contributed by atoms with Crippen LogP contribution < -0.4 is 0 Å². The molecule has 0 aromatic carbocycles. The Balaban J connectivity index is 2.69. The van der Waals surface area contributed by atoms with E-state index >= 15 is 0 Å². The molecule has 1 amide bonds. The van der Waals surface area contributed by atoms with Gasteiger partial charge in [0.25, 0.3) is 0 Å². The summed E-state index contributed by atoms with van der Waals surface area (Å²) in [5, 5.41) is 8.73. The van der Waals surface area contributed by atoms with Crippen LogP contribution in [0.4, 0.5) is 4.79 Å². The molecule has 0 aromatic heterocycles. The molecule has 4 nitrogen and oxygen atoms in total. The molecular weight excluding hydrogens is 177 g/mol. The smallest absolute Gasteiger partial charge is 0.345 e. The normalized spacial score (nSPS) is 22.3. The van der Waals surface area contributed by atoms with Gasteiger partial charge >= 0.3 is 5.71 Å². The first kappa shape index (κ1) is 9.20. The van der Waals surface area contributed by atoms with Gasteiger partial charge in [-0.25, -0.2) is 4.79 Å². The van der Waals surface area contributed by atoms with Crippen LogP contribution in [0.5, 0.6) is 0 Å². The molecule has 1 N–H and O–H groups in total. The summed E-state index contributed by atoms with van der Waals surface area (Å²) in [6, 6.07) is 0. The Morgan fingerprint density at radius 1 is 1.58 bits per heavy atom. The molecule has 1 heterocycles. The van der Waals surface area contributed by atoms with Gasteiger partial charge in [-0.3, -0.25) is 4.79 Å². The summed E-state index contributed by atoms with van der Waals surface area (Å²) < 4.78 is 1.41. The molecule has 0 saturated carbocycles. The Labute approximate surface area is 71.7 Å². The molecule has 12 heavy (non-hydrogen) atoms. The lowest BCUT2D eigenvalue weighted by atomic mass is 10.4. The van der Waals surface area contributed by atoms with Gasteiger partial charge in [0, 0.05) is 6.54 Å². The molecule has 1 rings (SSSR count). The number of hydrogen-bond acceptors (Lipinski definition) is 2. The van der Waals surface area contributed by atoms with E-state index < -0.39 is 13.8 Å². The van der Waals surface area contributed by atoms with Crippen LogP contribution in [0.15, 0.2) is 12.7 Å². The van der Waals surface area contributed by atoms with Crippen molar-refractivity contribution in [1.29, 1.82) is 0 Å². The minimum absolute atomic E-state index is 0.263. The lowest BCUT2D eigenvalue weighted by Crippen LogP contribution is -2.22. The van der Waals surface area contributed by atoms with E-state index in [1.165, 1.54) is 10.7 Å². The summed E-state index contributed by atoms with van der Waals surface area (Å²) in [5.41, 5.74) is -0.863.